The van der Waals surface area contributed by atoms with Crippen molar-refractivity contribution in [2.24, 2.45) is 11.8 Å². The van der Waals surface area contributed by atoms with Crippen LogP contribution in [0, 0.1) is 11.8 Å². The molecule has 18 heavy (non-hydrogen) atoms. The summed E-state index contributed by atoms with van der Waals surface area (Å²) in [4.78, 5) is 23.1. The molecule has 1 aliphatic rings. The molecule has 0 saturated carbocycles. The highest BCUT2D eigenvalue weighted by atomic mass is 16.3. The van der Waals surface area contributed by atoms with E-state index < -0.39 is 5.60 Å². The number of carbonyl (C=O) groups is 2. The van der Waals surface area contributed by atoms with E-state index >= 15 is 0 Å². The number of allylic oxidation sites excluding steroid dienone is 1. The Kier molecular flexibility index (Phi) is 4.85. The summed E-state index contributed by atoms with van der Waals surface area (Å²) in [6.07, 6.45) is 3.80. The highest BCUT2D eigenvalue weighted by Gasteiger charge is 2.32. The van der Waals surface area contributed by atoms with Crippen LogP contribution in [0.2, 0.25) is 0 Å². The number of rotatable bonds is 5. The van der Waals surface area contributed by atoms with E-state index in [1.807, 2.05) is 0 Å². The molecule has 0 amide bonds. The molecule has 0 unspecified atom stereocenters. The molecule has 0 aliphatic heterocycles. The van der Waals surface area contributed by atoms with Crippen LogP contribution in [0.4, 0.5) is 0 Å². The summed E-state index contributed by atoms with van der Waals surface area (Å²) in [5.41, 5.74) is -0.158. The van der Waals surface area contributed by atoms with Crippen molar-refractivity contribution in [3.63, 3.8) is 0 Å². The number of Topliss-reactive ketones (excluding diaryl/α,β-unsaturated/α-hetero) is 2. The van der Waals surface area contributed by atoms with Crippen LogP contribution >= 0.6 is 0 Å². The first-order chi connectivity index (χ1) is 8.23. The fraction of sp³-hybridized carbons (Fsp3) is 0.733. The number of carbonyl (C=O) groups excluding carboxylic acids is 2. The van der Waals surface area contributed by atoms with Gasteiger partial charge in [0, 0.05) is 12.8 Å². The van der Waals surface area contributed by atoms with Crippen molar-refractivity contribution in [3.05, 3.63) is 11.6 Å². The Labute approximate surface area is 109 Å². The molecule has 0 heterocycles. The first-order valence-corrected chi connectivity index (χ1v) is 6.70. The molecule has 3 heteroatoms. The monoisotopic (exact) mass is 252 g/mol. The SMILES string of the molecule is CC(=O)CC[C@@H](C1=C[C@@](C)(O)CCC1=O)C(C)C. The molecule has 1 rings (SSSR count). The molecule has 3 nitrogen and oxygen atoms in total. The number of hydrogen-bond donors (Lipinski definition) is 1. The Bertz CT molecular complexity index is 364. The maximum Gasteiger partial charge on any atom is 0.159 e. The van der Waals surface area contributed by atoms with E-state index in [1.165, 1.54) is 0 Å². The largest absolute Gasteiger partial charge is 0.386 e. The van der Waals surface area contributed by atoms with Gasteiger partial charge >= 0.3 is 0 Å². The minimum atomic E-state index is -0.882. The standard InChI is InChI=1S/C15H24O3/c1-10(2)12(6-5-11(3)16)13-9-15(4,18)8-7-14(13)17/h9-10,12,18H,5-8H2,1-4H3/t12-,15+/m1/s1. The predicted molar refractivity (Wildman–Crippen MR) is 71.2 cm³/mol. The fourth-order valence-electron chi connectivity index (χ4n) is 2.52. The molecule has 0 saturated heterocycles. The number of ketones is 2. The number of aliphatic hydroxyl groups is 1. The van der Waals surface area contributed by atoms with Crippen molar-refractivity contribution >= 4 is 11.6 Å². The van der Waals surface area contributed by atoms with E-state index in [1.54, 1.807) is 19.9 Å². The lowest BCUT2D eigenvalue weighted by molar-refractivity contribution is -0.119. The molecule has 0 bridgehead atoms. The Morgan fingerprint density at radius 2 is 2.11 bits per heavy atom. The Hall–Kier alpha value is -0.960. The van der Waals surface area contributed by atoms with Crippen molar-refractivity contribution in [2.75, 3.05) is 0 Å². The van der Waals surface area contributed by atoms with Crippen LogP contribution in [0.5, 0.6) is 0 Å². The summed E-state index contributed by atoms with van der Waals surface area (Å²) in [5.74, 6) is 0.654. The third-order valence-corrected chi connectivity index (χ3v) is 3.66. The van der Waals surface area contributed by atoms with Crippen LogP contribution in [0.3, 0.4) is 0 Å². The van der Waals surface area contributed by atoms with Gasteiger partial charge in [-0.05, 0) is 50.2 Å². The second kappa shape index (κ2) is 5.79. The fourth-order valence-corrected chi connectivity index (χ4v) is 2.52. The molecule has 2 atom stereocenters. The summed E-state index contributed by atoms with van der Waals surface area (Å²) >= 11 is 0. The first-order valence-electron chi connectivity index (χ1n) is 6.70. The van der Waals surface area contributed by atoms with Crippen LogP contribution in [-0.2, 0) is 9.59 Å². The summed E-state index contributed by atoms with van der Waals surface area (Å²) in [7, 11) is 0. The van der Waals surface area contributed by atoms with Crippen LogP contribution in [0.25, 0.3) is 0 Å². The van der Waals surface area contributed by atoms with Gasteiger partial charge in [-0.3, -0.25) is 4.79 Å². The normalized spacial score (nSPS) is 26.1. The summed E-state index contributed by atoms with van der Waals surface area (Å²) < 4.78 is 0. The van der Waals surface area contributed by atoms with Gasteiger partial charge < -0.3 is 9.90 Å². The van der Waals surface area contributed by atoms with E-state index in [0.717, 1.165) is 5.57 Å². The smallest absolute Gasteiger partial charge is 0.159 e. The lowest BCUT2D eigenvalue weighted by Gasteiger charge is -2.31. The maximum atomic E-state index is 12.0. The molecule has 0 fully saturated rings. The molecule has 102 valence electrons. The molecule has 0 aromatic heterocycles. The van der Waals surface area contributed by atoms with Crippen LogP contribution in [0.15, 0.2) is 11.6 Å². The average Bonchev–Trinajstić information content (AvgIpc) is 2.22. The Morgan fingerprint density at radius 1 is 1.50 bits per heavy atom. The van der Waals surface area contributed by atoms with Crippen LogP contribution < -0.4 is 0 Å². The van der Waals surface area contributed by atoms with E-state index in [4.69, 9.17) is 0 Å². The molecule has 0 radical (unpaired) electrons. The van der Waals surface area contributed by atoms with Crippen molar-refractivity contribution < 1.29 is 14.7 Å². The number of hydrogen-bond acceptors (Lipinski definition) is 3. The lowest BCUT2D eigenvalue weighted by atomic mass is 9.75. The van der Waals surface area contributed by atoms with E-state index in [-0.39, 0.29) is 17.5 Å². The van der Waals surface area contributed by atoms with Gasteiger partial charge in [-0.15, -0.1) is 0 Å². The van der Waals surface area contributed by atoms with E-state index in [9.17, 15) is 14.7 Å². The molecular formula is C15H24O3. The van der Waals surface area contributed by atoms with Gasteiger partial charge in [-0.1, -0.05) is 13.8 Å². The van der Waals surface area contributed by atoms with Crippen molar-refractivity contribution in [2.45, 2.75) is 59.0 Å². The molecule has 1 N–H and O–H groups in total. The third kappa shape index (κ3) is 4.05. The van der Waals surface area contributed by atoms with Crippen molar-refractivity contribution in [1.82, 2.24) is 0 Å². The van der Waals surface area contributed by atoms with Crippen molar-refractivity contribution in [1.29, 1.82) is 0 Å². The van der Waals surface area contributed by atoms with Gasteiger partial charge in [0.1, 0.15) is 5.78 Å². The van der Waals surface area contributed by atoms with Crippen LogP contribution in [-0.4, -0.2) is 22.3 Å². The minimum Gasteiger partial charge on any atom is -0.386 e. The van der Waals surface area contributed by atoms with Gasteiger partial charge in [-0.25, -0.2) is 0 Å². The molecule has 0 spiro atoms. The zero-order chi connectivity index (χ0) is 13.9. The van der Waals surface area contributed by atoms with Gasteiger partial charge in [0.2, 0.25) is 0 Å². The maximum absolute atomic E-state index is 12.0. The van der Waals surface area contributed by atoms with Gasteiger partial charge in [0.25, 0.3) is 0 Å². The minimum absolute atomic E-state index is 0.0770. The van der Waals surface area contributed by atoms with Gasteiger partial charge in [-0.2, -0.15) is 0 Å². The van der Waals surface area contributed by atoms with Gasteiger partial charge in [0.15, 0.2) is 5.78 Å². The van der Waals surface area contributed by atoms with Crippen LogP contribution in [0.1, 0.15) is 53.4 Å². The molecular weight excluding hydrogens is 228 g/mol. The Morgan fingerprint density at radius 3 is 2.61 bits per heavy atom. The average molecular weight is 252 g/mol. The summed E-state index contributed by atoms with van der Waals surface area (Å²) in [6.45, 7) is 7.43. The quantitative estimate of drug-likeness (QED) is 0.818. The highest BCUT2D eigenvalue weighted by molar-refractivity contribution is 5.97. The third-order valence-electron chi connectivity index (χ3n) is 3.66. The Balaban J connectivity index is 2.93. The second-order valence-electron chi connectivity index (χ2n) is 5.97. The summed E-state index contributed by atoms with van der Waals surface area (Å²) in [6, 6.07) is 0. The molecule has 1 aliphatic carbocycles. The van der Waals surface area contributed by atoms with E-state index in [2.05, 4.69) is 13.8 Å². The second-order valence-corrected chi connectivity index (χ2v) is 5.97. The molecule has 0 aromatic carbocycles. The lowest BCUT2D eigenvalue weighted by Crippen LogP contribution is -2.32. The first kappa shape index (κ1) is 15.1. The topological polar surface area (TPSA) is 54.4 Å². The predicted octanol–water partition coefficient (Wildman–Crippen LogP) is 2.67. The van der Waals surface area contributed by atoms with Crippen molar-refractivity contribution in [3.8, 4) is 0 Å². The molecule has 0 aromatic rings. The van der Waals surface area contributed by atoms with Gasteiger partial charge in [0.05, 0.1) is 5.60 Å². The highest BCUT2D eigenvalue weighted by Crippen LogP contribution is 2.33. The zero-order valence-corrected chi connectivity index (χ0v) is 11.8. The summed E-state index contributed by atoms with van der Waals surface area (Å²) in [5, 5.41) is 10.1. The van der Waals surface area contributed by atoms with E-state index in [0.29, 0.717) is 31.6 Å². The zero-order valence-electron chi connectivity index (χ0n) is 11.8.